The zero-order chi connectivity index (χ0) is 20.2. The average Bonchev–Trinajstić information content (AvgIpc) is 3.47. The SMILES string of the molecule is O=C1C(=Cc2ccc(-n3ccc4cncnc43)[te]2)C(=O)c2cc3ccccc3cc21. The Hall–Kier alpha value is -3.33. The van der Waals surface area contributed by atoms with Gasteiger partial charge in [-0.25, -0.2) is 0 Å². The van der Waals surface area contributed by atoms with Crippen molar-refractivity contribution >= 4 is 59.9 Å². The number of allylic oxidation sites excluding steroid dienone is 1. The van der Waals surface area contributed by atoms with Gasteiger partial charge in [-0.1, -0.05) is 0 Å². The summed E-state index contributed by atoms with van der Waals surface area (Å²) >= 11 is -0.749. The molecule has 3 aromatic heterocycles. The van der Waals surface area contributed by atoms with Gasteiger partial charge in [-0.2, -0.15) is 0 Å². The molecule has 5 nitrogen and oxygen atoms in total. The molecular weight excluding hydrogens is 490 g/mol. The van der Waals surface area contributed by atoms with Gasteiger partial charge in [0, 0.05) is 0 Å². The van der Waals surface area contributed by atoms with E-state index in [9.17, 15) is 9.59 Å². The molecule has 3 heterocycles. The van der Waals surface area contributed by atoms with Gasteiger partial charge in [0.15, 0.2) is 0 Å². The van der Waals surface area contributed by atoms with Crippen LogP contribution in [-0.2, 0) is 0 Å². The molecule has 0 saturated heterocycles. The number of fused-ring (bicyclic) bond motifs is 3. The molecule has 5 aromatic rings. The first-order valence-electron chi connectivity index (χ1n) is 9.40. The van der Waals surface area contributed by atoms with Gasteiger partial charge in [0.2, 0.25) is 0 Å². The standard InChI is InChI=1S/C24H13N3O2Te/c28-22-18-9-14-3-1-2-4-15(14)10-19(18)23(29)20(22)11-17-5-6-21(30-17)27-8-7-16-12-25-13-26-24(16)27/h1-13H. The van der Waals surface area contributed by atoms with E-state index in [2.05, 4.69) is 20.6 Å². The predicted octanol–water partition coefficient (Wildman–Crippen LogP) is 4.09. The van der Waals surface area contributed by atoms with Crippen LogP contribution in [0.15, 0.2) is 78.9 Å². The zero-order valence-electron chi connectivity index (χ0n) is 15.6. The number of rotatable bonds is 2. The first kappa shape index (κ1) is 17.5. The van der Waals surface area contributed by atoms with Crippen LogP contribution in [0.4, 0.5) is 0 Å². The van der Waals surface area contributed by atoms with Crippen molar-refractivity contribution in [1.82, 2.24) is 14.5 Å². The number of carbonyl (C=O) groups is 2. The van der Waals surface area contributed by atoms with Gasteiger partial charge in [-0.05, 0) is 0 Å². The fourth-order valence-electron chi connectivity index (χ4n) is 3.89. The van der Waals surface area contributed by atoms with Crippen molar-refractivity contribution in [2.24, 2.45) is 0 Å². The summed E-state index contributed by atoms with van der Waals surface area (Å²) in [6.45, 7) is 0. The molecule has 0 amide bonds. The van der Waals surface area contributed by atoms with E-state index in [-0.39, 0.29) is 17.1 Å². The van der Waals surface area contributed by atoms with Crippen LogP contribution in [0.3, 0.4) is 0 Å². The van der Waals surface area contributed by atoms with Crippen molar-refractivity contribution < 1.29 is 9.59 Å². The molecule has 0 atom stereocenters. The minimum atomic E-state index is -0.749. The van der Waals surface area contributed by atoms with Crippen LogP contribution >= 0.6 is 0 Å². The van der Waals surface area contributed by atoms with Gasteiger partial charge in [0.05, 0.1) is 0 Å². The monoisotopic (exact) mass is 505 g/mol. The van der Waals surface area contributed by atoms with Gasteiger partial charge in [0.25, 0.3) is 0 Å². The molecule has 1 aliphatic rings. The maximum atomic E-state index is 13.0. The minimum absolute atomic E-state index is 0.179. The van der Waals surface area contributed by atoms with Gasteiger partial charge < -0.3 is 0 Å². The first-order chi connectivity index (χ1) is 14.7. The van der Waals surface area contributed by atoms with Crippen LogP contribution in [-0.4, -0.2) is 46.5 Å². The molecule has 30 heavy (non-hydrogen) atoms. The summed E-state index contributed by atoms with van der Waals surface area (Å²) in [7, 11) is 0. The van der Waals surface area contributed by atoms with Gasteiger partial charge in [0.1, 0.15) is 0 Å². The fourth-order valence-corrected chi connectivity index (χ4v) is 6.56. The number of ketones is 2. The molecule has 142 valence electrons. The summed E-state index contributed by atoms with van der Waals surface area (Å²) in [6, 6.07) is 17.5. The van der Waals surface area contributed by atoms with E-state index >= 15 is 0 Å². The van der Waals surface area contributed by atoms with Crippen molar-refractivity contribution in [1.29, 1.82) is 0 Å². The number of hydrogen-bond acceptors (Lipinski definition) is 4. The zero-order valence-corrected chi connectivity index (χ0v) is 17.9. The van der Waals surface area contributed by atoms with Gasteiger partial charge in [-0.15, -0.1) is 0 Å². The molecule has 1 aliphatic carbocycles. The molecule has 0 bridgehead atoms. The maximum absolute atomic E-state index is 13.0. The van der Waals surface area contributed by atoms with Crippen LogP contribution < -0.4 is 0 Å². The Morgan fingerprint density at radius 1 is 0.867 bits per heavy atom. The van der Waals surface area contributed by atoms with Crippen molar-refractivity contribution in [2.45, 2.75) is 0 Å². The third-order valence-corrected chi connectivity index (χ3v) is 8.30. The van der Waals surface area contributed by atoms with E-state index in [0.29, 0.717) is 11.1 Å². The fraction of sp³-hybridized carbons (Fsp3) is 0. The van der Waals surface area contributed by atoms with Gasteiger partial charge >= 0.3 is 181 Å². The summed E-state index contributed by atoms with van der Waals surface area (Å²) in [6.07, 6.45) is 7.12. The molecule has 0 aliphatic heterocycles. The Balaban J connectivity index is 1.41. The molecule has 0 fully saturated rings. The Labute approximate surface area is 180 Å². The number of hydrogen-bond donors (Lipinski definition) is 0. The number of aromatic nitrogens is 3. The molecule has 6 rings (SSSR count). The first-order valence-corrected chi connectivity index (χ1v) is 11.7. The van der Waals surface area contributed by atoms with E-state index in [4.69, 9.17) is 0 Å². The van der Waals surface area contributed by atoms with Crippen LogP contribution in [0, 0.1) is 0 Å². The normalized spacial score (nSPS) is 13.4. The molecule has 0 radical (unpaired) electrons. The van der Waals surface area contributed by atoms with Crippen LogP contribution in [0.1, 0.15) is 24.3 Å². The van der Waals surface area contributed by atoms with Crippen LogP contribution in [0.25, 0.3) is 31.6 Å². The van der Waals surface area contributed by atoms with Crippen LogP contribution in [0.5, 0.6) is 0 Å². The second-order valence-electron chi connectivity index (χ2n) is 7.12. The van der Waals surface area contributed by atoms with Crippen LogP contribution in [0.2, 0.25) is 0 Å². The molecular formula is C24H13N3O2Te. The second kappa shape index (κ2) is 6.60. The number of carbonyl (C=O) groups excluding carboxylic acids is 2. The topological polar surface area (TPSA) is 64.8 Å². The Bertz CT molecular complexity index is 1480. The Morgan fingerprint density at radius 2 is 1.60 bits per heavy atom. The van der Waals surface area contributed by atoms with Crippen molar-refractivity contribution in [2.75, 3.05) is 0 Å². The number of benzene rings is 2. The third kappa shape index (κ3) is 2.62. The van der Waals surface area contributed by atoms with Crippen molar-refractivity contribution in [3.05, 3.63) is 93.6 Å². The molecule has 0 unspecified atom stereocenters. The average molecular weight is 503 g/mol. The van der Waals surface area contributed by atoms with E-state index in [1.165, 1.54) is 3.70 Å². The van der Waals surface area contributed by atoms with E-state index in [1.807, 2.05) is 54.7 Å². The molecule has 0 saturated carbocycles. The summed E-state index contributed by atoms with van der Waals surface area (Å²) < 4.78 is 4.29. The molecule has 0 N–H and O–H groups in total. The Kier molecular flexibility index (Phi) is 3.85. The van der Waals surface area contributed by atoms with Crippen molar-refractivity contribution in [3.8, 4) is 3.70 Å². The van der Waals surface area contributed by atoms with E-state index < -0.39 is 20.4 Å². The predicted molar refractivity (Wildman–Crippen MR) is 116 cm³/mol. The Morgan fingerprint density at radius 3 is 2.33 bits per heavy atom. The number of Topliss-reactive ketones (excluding diaryl/α,β-unsaturated/α-hetero) is 2. The quantitative estimate of drug-likeness (QED) is 0.207. The summed E-state index contributed by atoms with van der Waals surface area (Å²) in [5.74, 6) is -0.358. The summed E-state index contributed by atoms with van der Waals surface area (Å²) in [5, 5.41) is 2.93. The number of nitrogens with zero attached hydrogens (tertiary/aromatic N) is 3. The molecule has 2 aromatic carbocycles. The third-order valence-electron chi connectivity index (χ3n) is 5.35. The molecule has 6 heteroatoms. The molecule has 0 spiro atoms. The van der Waals surface area contributed by atoms with E-state index in [0.717, 1.165) is 25.4 Å². The second-order valence-corrected chi connectivity index (χ2v) is 10.2. The summed E-state index contributed by atoms with van der Waals surface area (Å²) in [4.78, 5) is 34.4. The van der Waals surface area contributed by atoms with Gasteiger partial charge in [-0.3, -0.25) is 0 Å². The summed E-state index contributed by atoms with van der Waals surface area (Å²) in [5.41, 5.74) is 2.15. The van der Waals surface area contributed by atoms with E-state index in [1.54, 1.807) is 18.6 Å². The van der Waals surface area contributed by atoms with Crippen molar-refractivity contribution in [3.63, 3.8) is 0 Å².